The fraction of sp³-hybridized carbons (Fsp3) is 0.857. The third-order valence-electron chi connectivity index (χ3n) is 4.42. The summed E-state index contributed by atoms with van der Waals surface area (Å²) in [7, 11) is 0. The summed E-state index contributed by atoms with van der Waals surface area (Å²) in [5, 5.41) is 3.15. The molecule has 1 saturated carbocycles. The van der Waals surface area contributed by atoms with E-state index in [9.17, 15) is 4.79 Å². The van der Waals surface area contributed by atoms with Gasteiger partial charge in [0.25, 0.3) is 0 Å². The minimum Gasteiger partial charge on any atom is -0.392 e. The second-order valence-electron chi connectivity index (χ2n) is 6.23. The molecule has 1 rings (SSSR count). The van der Waals surface area contributed by atoms with Crippen LogP contribution in [0.15, 0.2) is 0 Å². The van der Waals surface area contributed by atoms with Crippen molar-refractivity contribution in [3.05, 3.63) is 0 Å². The minimum atomic E-state index is -0.665. The molecule has 104 valence electrons. The highest BCUT2D eigenvalue weighted by atomic mass is 32.1. The average molecular weight is 270 g/mol. The fourth-order valence-corrected chi connectivity index (χ4v) is 3.30. The molecule has 1 atom stereocenters. The number of thiocarbonyl (C=S) groups is 1. The van der Waals surface area contributed by atoms with Gasteiger partial charge < -0.3 is 11.1 Å². The first-order chi connectivity index (χ1) is 8.27. The van der Waals surface area contributed by atoms with Crippen LogP contribution in [0.3, 0.4) is 0 Å². The van der Waals surface area contributed by atoms with Crippen molar-refractivity contribution < 1.29 is 4.79 Å². The molecule has 1 fully saturated rings. The van der Waals surface area contributed by atoms with E-state index in [0.29, 0.717) is 23.2 Å². The predicted molar refractivity (Wildman–Crippen MR) is 79.4 cm³/mol. The van der Waals surface area contributed by atoms with Crippen LogP contribution in [0.5, 0.6) is 0 Å². The molecule has 1 unspecified atom stereocenters. The van der Waals surface area contributed by atoms with Crippen molar-refractivity contribution in [2.24, 2.45) is 16.6 Å². The summed E-state index contributed by atoms with van der Waals surface area (Å²) in [4.78, 5) is 12.8. The second-order valence-corrected chi connectivity index (χ2v) is 6.67. The number of nitrogens with two attached hydrogens (primary N) is 1. The SMILES string of the molecule is CCC(CC)(C(=O)NC1CCC(C)(C)C1)C(N)=S. The Hall–Kier alpha value is -0.640. The van der Waals surface area contributed by atoms with Gasteiger partial charge in [0, 0.05) is 6.04 Å². The maximum Gasteiger partial charge on any atom is 0.233 e. The van der Waals surface area contributed by atoms with E-state index in [0.717, 1.165) is 19.3 Å². The number of carbonyl (C=O) groups excluding carboxylic acids is 1. The molecule has 0 aliphatic heterocycles. The highest BCUT2D eigenvalue weighted by molar-refractivity contribution is 7.80. The van der Waals surface area contributed by atoms with Crippen LogP contribution < -0.4 is 11.1 Å². The summed E-state index contributed by atoms with van der Waals surface area (Å²) in [5.74, 6) is 0.0164. The minimum absolute atomic E-state index is 0.0164. The Balaban J connectivity index is 2.72. The largest absolute Gasteiger partial charge is 0.392 e. The molecule has 0 spiro atoms. The lowest BCUT2D eigenvalue weighted by atomic mass is 9.81. The van der Waals surface area contributed by atoms with Crippen LogP contribution in [-0.2, 0) is 4.79 Å². The summed E-state index contributed by atoms with van der Waals surface area (Å²) >= 11 is 5.11. The smallest absolute Gasteiger partial charge is 0.233 e. The highest BCUT2D eigenvalue weighted by Crippen LogP contribution is 2.37. The molecular formula is C14H26N2OS. The summed E-state index contributed by atoms with van der Waals surface area (Å²) in [6, 6.07) is 0.277. The molecule has 0 aromatic carbocycles. The first-order valence-electron chi connectivity index (χ1n) is 6.88. The van der Waals surface area contributed by atoms with Crippen LogP contribution in [0.2, 0.25) is 0 Å². The highest BCUT2D eigenvalue weighted by Gasteiger charge is 2.40. The molecular weight excluding hydrogens is 244 g/mol. The monoisotopic (exact) mass is 270 g/mol. The summed E-state index contributed by atoms with van der Waals surface area (Å²) in [5.41, 5.74) is 5.46. The molecule has 0 saturated heterocycles. The Morgan fingerprint density at radius 2 is 2.00 bits per heavy atom. The third-order valence-corrected chi connectivity index (χ3v) is 4.81. The first-order valence-corrected chi connectivity index (χ1v) is 7.29. The predicted octanol–water partition coefficient (Wildman–Crippen LogP) is 2.77. The zero-order valence-electron chi connectivity index (χ0n) is 12.0. The van der Waals surface area contributed by atoms with Gasteiger partial charge >= 0.3 is 0 Å². The fourth-order valence-electron chi connectivity index (χ4n) is 2.91. The quantitative estimate of drug-likeness (QED) is 0.755. The standard InChI is InChI=1S/C14H26N2OS/c1-5-14(6-2,11(15)18)12(17)16-10-7-8-13(3,4)9-10/h10H,5-9H2,1-4H3,(H2,15,18)(H,16,17). The zero-order valence-corrected chi connectivity index (χ0v) is 12.8. The topological polar surface area (TPSA) is 55.1 Å². The van der Waals surface area contributed by atoms with Gasteiger partial charge in [-0.2, -0.15) is 0 Å². The van der Waals surface area contributed by atoms with Gasteiger partial charge in [0.05, 0.1) is 10.4 Å². The van der Waals surface area contributed by atoms with E-state index in [-0.39, 0.29) is 11.9 Å². The number of hydrogen-bond donors (Lipinski definition) is 2. The molecule has 0 bridgehead atoms. The van der Waals surface area contributed by atoms with Crippen LogP contribution in [0.4, 0.5) is 0 Å². The maximum atomic E-state index is 12.5. The van der Waals surface area contributed by atoms with Crippen molar-refractivity contribution in [3.63, 3.8) is 0 Å². The van der Waals surface area contributed by atoms with Gasteiger partial charge in [0.1, 0.15) is 0 Å². The van der Waals surface area contributed by atoms with Gasteiger partial charge in [-0.05, 0) is 37.5 Å². The summed E-state index contributed by atoms with van der Waals surface area (Å²) < 4.78 is 0. The molecule has 0 radical (unpaired) electrons. The Kier molecular flexibility index (Phi) is 4.76. The van der Waals surface area contributed by atoms with Crippen molar-refractivity contribution in [2.75, 3.05) is 0 Å². The molecule has 1 aliphatic carbocycles. The number of amides is 1. The van der Waals surface area contributed by atoms with Crippen molar-refractivity contribution in [3.8, 4) is 0 Å². The van der Waals surface area contributed by atoms with Crippen LogP contribution in [-0.4, -0.2) is 16.9 Å². The van der Waals surface area contributed by atoms with Crippen LogP contribution in [0, 0.1) is 10.8 Å². The Labute approximate surface area is 116 Å². The molecule has 3 nitrogen and oxygen atoms in total. The van der Waals surface area contributed by atoms with Crippen LogP contribution in [0.25, 0.3) is 0 Å². The summed E-state index contributed by atoms with van der Waals surface area (Å²) in [6.45, 7) is 8.45. The van der Waals surface area contributed by atoms with Crippen LogP contribution in [0.1, 0.15) is 59.8 Å². The third kappa shape index (κ3) is 3.02. The molecule has 18 heavy (non-hydrogen) atoms. The van der Waals surface area contributed by atoms with Crippen LogP contribution >= 0.6 is 12.2 Å². The van der Waals surface area contributed by atoms with Gasteiger partial charge in [0.15, 0.2) is 0 Å². The Morgan fingerprint density at radius 3 is 2.33 bits per heavy atom. The van der Waals surface area contributed by atoms with Gasteiger partial charge in [-0.1, -0.05) is 39.9 Å². The van der Waals surface area contributed by atoms with E-state index in [1.165, 1.54) is 0 Å². The molecule has 0 aromatic rings. The van der Waals surface area contributed by atoms with E-state index < -0.39 is 5.41 Å². The van der Waals surface area contributed by atoms with Gasteiger partial charge in [0.2, 0.25) is 5.91 Å². The molecule has 3 N–H and O–H groups in total. The van der Waals surface area contributed by atoms with E-state index in [4.69, 9.17) is 18.0 Å². The molecule has 1 amide bonds. The molecule has 0 aromatic heterocycles. The van der Waals surface area contributed by atoms with E-state index in [2.05, 4.69) is 19.2 Å². The first kappa shape index (κ1) is 15.4. The Morgan fingerprint density at radius 1 is 1.44 bits per heavy atom. The molecule has 4 heteroatoms. The Bertz CT molecular complexity index is 335. The maximum absolute atomic E-state index is 12.5. The summed E-state index contributed by atoms with van der Waals surface area (Å²) in [6.07, 6.45) is 4.59. The number of rotatable bonds is 5. The van der Waals surface area contributed by atoms with Gasteiger partial charge in [-0.25, -0.2) is 0 Å². The molecule has 1 aliphatic rings. The van der Waals surface area contributed by atoms with Crippen molar-refractivity contribution in [2.45, 2.75) is 65.8 Å². The van der Waals surface area contributed by atoms with E-state index in [1.807, 2.05) is 13.8 Å². The number of nitrogens with one attached hydrogen (secondary N) is 1. The van der Waals surface area contributed by atoms with Crippen molar-refractivity contribution in [1.82, 2.24) is 5.32 Å². The van der Waals surface area contributed by atoms with Crippen molar-refractivity contribution in [1.29, 1.82) is 0 Å². The zero-order chi connectivity index (χ0) is 14.0. The normalized spacial score (nSPS) is 22.8. The number of hydrogen-bond acceptors (Lipinski definition) is 2. The van der Waals surface area contributed by atoms with Crippen molar-refractivity contribution >= 4 is 23.1 Å². The average Bonchev–Trinajstić information content (AvgIpc) is 2.60. The lowest BCUT2D eigenvalue weighted by molar-refractivity contribution is -0.128. The van der Waals surface area contributed by atoms with Gasteiger partial charge in [-0.15, -0.1) is 0 Å². The van der Waals surface area contributed by atoms with E-state index in [1.54, 1.807) is 0 Å². The lowest BCUT2D eigenvalue weighted by Gasteiger charge is -2.30. The van der Waals surface area contributed by atoms with Gasteiger partial charge in [-0.3, -0.25) is 4.79 Å². The lowest BCUT2D eigenvalue weighted by Crippen LogP contribution is -2.50. The van der Waals surface area contributed by atoms with E-state index >= 15 is 0 Å². The number of carbonyl (C=O) groups is 1. The second kappa shape index (κ2) is 5.55. The molecule has 0 heterocycles.